The zero-order valence-electron chi connectivity index (χ0n) is 16.7. The topological polar surface area (TPSA) is 158 Å². The van der Waals surface area contributed by atoms with Gasteiger partial charge in [-0.3, -0.25) is 20.5 Å². The summed E-state index contributed by atoms with van der Waals surface area (Å²) in [5.41, 5.74) is 2.82. The van der Waals surface area contributed by atoms with Crippen molar-refractivity contribution in [2.24, 2.45) is 5.10 Å². The summed E-state index contributed by atoms with van der Waals surface area (Å²) in [6, 6.07) is 3.47. The molecule has 0 saturated carbocycles. The van der Waals surface area contributed by atoms with Gasteiger partial charge in [0.15, 0.2) is 0 Å². The molecule has 1 heterocycles. The van der Waals surface area contributed by atoms with Gasteiger partial charge in [-0.2, -0.15) is 9.41 Å². The molecule has 2 aromatic rings. The van der Waals surface area contributed by atoms with E-state index in [0.717, 1.165) is 6.07 Å². The van der Waals surface area contributed by atoms with Crippen LogP contribution in [0.1, 0.15) is 30.7 Å². The van der Waals surface area contributed by atoms with Crippen molar-refractivity contribution in [3.8, 4) is 5.75 Å². The number of nitrogens with zero attached hydrogens (tertiary/aromatic N) is 4. The highest BCUT2D eigenvalue weighted by Crippen LogP contribution is 2.29. The number of nitrogens with one attached hydrogen (secondary N) is 1. The van der Waals surface area contributed by atoms with Crippen LogP contribution in [0.4, 0.5) is 11.4 Å². The number of hydrogen-bond acceptors (Lipinski definition) is 9. The standard InChI is InChI=1S/C18H23N5O6S/c1-4-22(5-2)30(28,29)14-6-7-16(17(8-14)23(26)27)21-20-10-15-13(11-24)9-19-12(3)18(15)25/h6-10,21,24-25H,4-5,11H2,1-3H3. The predicted molar refractivity (Wildman–Crippen MR) is 111 cm³/mol. The Kier molecular flexibility index (Phi) is 7.43. The van der Waals surface area contributed by atoms with Gasteiger partial charge >= 0.3 is 0 Å². The Labute approximate surface area is 173 Å². The predicted octanol–water partition coefficient (Wildman–Crippen LogP) is 1.97. The van der Waals surface area contributed by atoms with Crippen LogP contribution >= 0.6 is 0 Å². The van der Waals surface area contributed by atoms with Crippen LogP contribution in [0.2, 0.25) is 0 Å². The van der Waals surface area contributed by atoms with Gasteiger partial charge in [-0.05, 0) is 19.1 Å². The second-order valence-corrected chi connectivity index (χ2v) is 8.12. The first-order valence-electron chi connectivity index (χ1n) is 9.03. The lowest BCUT2D eigenvalue weighted by Crippen LogP contribution is -2.30. The summed E-state index contributed by atoms with van der Waals surface area (Å²) in [5, 5.41) is 34.8. The highest BCUT2D eigenvalue weighted by molar-refractivity contribution is 7.89. The third kappa shape index (κ3) is 4.72. The Balaban J connectivity index is 2.39. The monoisotopic (exact) mass is 437 g/mol. The summed E-state index contributed by atoms with van der Waals surface area (Å²) >= 11 is 0. The summed E-state index contributed by atoms with van der Waals surface area (Å²) in [5.74, 6) is -0.178. The number of pyridine rings is 1. The normalized spacial score (nSPS) is 11.9. The van der Waals surface area contributed by atoms with Gasteiger partial charge in [-0.25, -0.2) is 8.42 Å². The summed E-state index contributed by atoms with van der Waals surface area (Å²) in [7, 11) is -3.86. The molecule has 0 spiro atoms. The zero-order chi connectivity index (χ0) is 22.5. The van der Waals surface area contributed by atoms with E-state index in [1.807, 2.05) is 0 Å². The van der Waals surface area contributed by atoms with Crippen LogP contribution in [0.3, 0.4) is 0 Å². The molecule has 11 nitrogen and oxygen atoms in total. The number of hydrazone groups is 1. The van der Waals surface area contributed by atoms with Crippen molar-refractivity contribution >= 4 is 27.6 Å². The number of aliphatic hydroxyl groups is 1. The van der Waals surface area contributed by atoms with Crippen LogP contribution in [-0.2, 0) is 16.6 Å². The molecule has 0 fully saturated rings. The van der Waals surface area contributed by atoms with Crippen LogP contribution in [0.25, 0.3) is 0 Å². The van der Waals surface area contributed by atoms with Crippen molar-refractivity contribution in [1.29, 1.82) is 0 Å². The van der Waals surface area contributed by atoms with Gasteiger partial charge in [0.25, 0.3) is 5.69 Å². The van der Waals surface area contributed by atoms with Crippen molar-refractivity contribution < 1.29 is 23.6 Å². The number of anilines is 1. The Morgan fingerprint density at radius 1 is 1.33 bits per heavy atom. The first-order valence-corrected chi connectivity index (χ1v) is 10.5. The van der Waals surface area contributed by atoms with Gasteiger partial charge in [-0.15, -0.1) is 0 Å². The second kappa shape index (κ2) is 9.61. The van der Waals surface area contributed by atoms with Crippen molar-refractivity contribution in [1.82, 2.24) is 9.29 Å². The SMILES string of the molecule is CCN(CC)S(=O)(=O)c1ccc(NN=Cc2c(CO)cnc(C)c2O)c([N+](=O)[O-])c1. The van der Waals surface area contributed by atoms with Crippen molar-refractivity contribution in [3.63, 3.8) is 0 Å². The maximum absolute atomic E-state index is 12.6. The first kappa shape index (κ1) is 23.2. The van der Waals surface area contributed by atoms with Gasteiger partial charge in [0.05, 0.1) is 28.3 Å². The average Bonchev–Trinajstić information content (AvgIpc) is 2.71. The zero-order valence-corrected chi connectivity index (χ0v) is 17.5. The number of aryl methyl sites for hydroxylation is 1. The highest BCUT2D eigenvalue weighted by Gasteiger charge is 2.25. The maximum atomic E-state index is 12.6. The van der Waals surface area contributed by atoms with Gasteiger partial charge in [0.1, 0.15) is 11.4 Å². The molecule has 1 aromatic heterocycles. The quantitative estimate of drug-likeness (QED) is 0.305. The van der Waals surface area contributed by atoms with Crippen LogP contribution in [0.15, 0.2) is 34.4 Å². The van der Waals surface area contributed by atoms with E-state index in [9.17, 15) is 28.7 Å². The molecular weight excluding hydrogens is 414 g/mol. The number of nitro groups is 1. The molecule has 3 N–H and O–H groups in total. The number of hydrogen-bond donors (Lipinski definition) is 3. The molecule has 162 valence electrons. The maximum Gasteiger partial charge on any atom is 0.295 e. The fourth-order valence-electron chi connectivity index (χ4n) is 2.72. The summed E-state index contributed by atoms with van der Waals surface area (Å²) in [6.45, 7) is 5.01. The Hall–Kier alpha value is -3.09. The summed E-state index contributed by atoms with van der Waals surface area (Å²) in [4.78, 5) is 14.5. The first-order chi connectivity index (χ1) is 14.2. The van der Waals surface area contributed by atoms with Gasteiger partial charge in [0, 0.05) is 36.5 Å². The van der Waals surface area contributed by atoms with Gasteiger partial charge in [0.2, 0.25) is 10.0 Å². The number of rotatable bonds is 9. The fraction of sp³-hybridized carbons (Fsp3) is 0.333. The van der Waals surface area contributed by atoms with E-state index < -0.39 is 20.6 Å². The molecule has 0 atom stereocenters. The van der Waals surface area contributed by atoms with Crippen LogP contribution in [0.5, 0.6) is 5.75 Å². The van der Waals surface area contributed by atoms with E-state index in [-0.39, 0.29) is 41.6 Å². The van der Waals surface area contributed by atoms with E-state index in [4.69, 9.17) is 0 Å². The number of aromatic nitrogens is 1. The molecule has 2 rings (SSSR count). The minimum Gasteiger partial charge on any atom is -0.505 e. The van der Waals surface area contributed by atoms with Crippen molar-refractivity contribution in [2.45, 2.75) is 32.3 Å². The molecule has 0 amide bonds. The van der Waals surface area contributed by atoms with Crippen molar-refractivity contribution in [2.75, 3.05) is 18.5 Å². The molecule has 0 aliphatic carbocycles. The summed E-state index contributed by atoms with van der Waals surface area (Å²) in [6.07, 6.45) is 2.57. The largest absolute Gasteiger partial charge is 0.505 e. The minimum atomic E-state index is -3.86. The Bertz CT molecular complexity index is 1070. The molecule has 0 unspecified atom stereocenters. The van der Waals surface area contributed by atoms with Crippen LogP contribution < -0.4 is 5.43 Å². The van der Waals surface area contributed by atoms with E-state index in [0.29, 0.717) is 11.3 Å². The smallest absolute Gasteiger partial charge is 0.295 e. The molecule has 0 bridgehead atoms. The van der Waals surface area contributed by atoms with E-state index >= 15 is 0 Å². The Morgan fingerprint density at radius 3 is 2.57 bits per heavy atom. The summed E-state index contributed by atoms with van der Waals surface area (Å²) < 4.78 is 26.4. The van der Waals surface area contributed by atoms with E-state index in [1.165, 1.54) is 28.8 Å². The van der Waals surface area contributed by atoms with Crippen LogP contribution in [-0.4, -0.2) is 52.1 Å². The lowest BCUT2D eigenvalue weighted by Gasteiger charge is -2.18. The van der Waals surface area contributed by atoms with Crippen LogP contribution in [0, 0.1) is 17.0 Å². The number of benzene rings is 1. The molecule has 30 heavy (non-hydrogen) atoms. The Morgan fingerprint density at radius 2 is 2.00 bits per heavy atom. The molecular formula is C18H23N5O6S. The van der Waals surface area contributed by atoms with Gasteiger partial charge < -0.3 is 10.2 Å². The molecule has 1 aromatic carbocycles. The molecule has 0 radical (unpaired) electrons. The molecule has 0 aliphatic heterocycles. The number of aliphatic hydroxyl groups excluding tert-OH is 1. The number of aromatic hydroxyl groups is 1. The van der Waals surface area contributed by atoms with Crippen molar-refractivity contribution in [3.05, 3.63) is 51.3 Å². The lowest BCUT2D eigenvalue weighted by molar-refractivity contribution is -0.384. The molecule has 12 heteroatoms. The van der Waals surface area contributed by atoms with E-state index in [1.54, 1.807) is 20.8 Å². The fourth-order valence-corrected chi connectivity index (χ4v) is 4.20. The molecule has 0 aliphatic rings. The highest BCUT2D eigenvalue weighted by atomic mass is 32.2. The lowest BCUT2D eigenvalue weighted by atomic mass is 10.1. The number of nitro benzene ring substituents is 1. The van der Waals surface area contributed by atoms with Gasteiger partial charge in [-0.1, -0.05) is 13.8 Å². The molecule has 0 saturated heterocycles. The average molecular weight is 437 g/mol. The second-order valence-electron chi connectivity index (χ2n) is 6.18. The third-order valence-corrected chi connectivity index (χ3v) is 6.46. The van der Waals surface area contributed by atoms with E-state index in [2.05, 4.69) is 15.5 Å². The number of sulfonamides is 1. The minimum absolute atomic E-state index is 0.0365. The third-order valence-electron chi connectivity index (χ3n) is 4.42.